The van der Waals surface area contributed by atoms with Gasteiger partial charge in [-0.1, -0.05) is 50.9 Å². The summed E-state index contributed by atoms with van der Waals surface area (Å²) in [5.74, 6) is -1.02. The van der Waals surface area contributed by atoms with E-state index in [0.29, 0.717) is 27.7 Å². The Balaban J connectivity index is 2.06. The van der Waals surface area contributed by atoms with E-state index in [2.05, 4.69) is 15.9 Å². The number of rotatable bonds is 5. The summed E-state index contributed by atoms with van der Waals surface area (Å²) in [6.45, 7) is 1.77. The summed E-state index contributed by atoms with van der Waals surface area (Å²) in [5.41, 5.74) is 1.04. The number of hydrogen-bond acceptors (Lipinski definition) is 5. The van der Waals surface area contributed by atoms with Crippen LogP contribution in [0.2, 0.25) is 10.0 Å². The molecular weight excluding hydrogens is 511 g/mol. The summed E-state index contributed by atoms with van der Waals surface area (Å²) in [4.78, 5) is 27.1. The van der Waals surface area contributed by atoms with Gasteiger partial charge in [0.25, 0.3) is 0 Å². The molecular formula is C21H15BrCl2N2O3S. The lowest BCUT2D eigenvalue weighted by molar-refractivity contribution is -0.138. The highest BCUT2D eigenvalue weighted by Gasteiger charge is 2.41. The smallest absolute Gasteiger partial charge is 0.351 e. The van der Waals surface area contributed by atoms with Gasteiger partial charge in [0.2, 0.25) is 5.91 Å². The molecule has 0 radical (unpaired) electrons. The SMILES string of the molecule is CCOC(=O)/C(C#N)=C1\S[C@H](Cc2cc(Cl)ccc2Cl)C(=O)N1c1ccc(Br)cc1. The number of benzene rings is 2. The van der Waals surface area contributed by atoms with Crippen LogP contribution in [0.4, 0.5) is 5.69 Å². The van der Waals surface area contributed by atoms with Crippen molar-refractivity contribution in [3.8, 4) is 6.07 Å². The molecule has 5 nitrogen and oxygen atoms in total. The molecule has 0 saturated carbocycles. The summed E-state index contributed by atoms with van der Waals surface area (Å²) in [7, 11) is 0. The van der Waals surface area contributed by atoms with Gasteiger partial charge in [0.1, 0.15) is 11.1 Å². The van der Waals surface area contributed by atoms with Crippen LogP contribution in [0.25, 0.3) is 0 Å². The Labute approximate surface area is 196 Å². The summed E-state index contributed by atoms with van der Waals surface area (Å²) in [5, 5.41) is 10.3. The number of halogens is 3. The van der Waals surface area contributed by atoms with Crippen molar-refractivity contribution < 1.29 is 14.3 Å². The minimum Gasteiger partial charge on any atom is -0.462 e. The molecule has 2 aromatic rings. The van der Waals surface area contributed by atoms with E-state index in [-0.39, 0.29) is 23.1 Å². The molecule has 154 valence electrons. The fraction of sp³-hybridized carbons (Fsp3) is 0.190. The monoisotopic (exact) mass is 524 g/mol. The normalized spacial score (nSPS) is 17.6. The molecule has 0 aliphatic carbocycles. The first kappa shape index (κ1) is 22.7. The lowest BCUT2D eigenvalue weighted by atomic mass is 10.1. The molecule has 1 saturated heterocycles. The number of ether oxygens (including phenoxy) is 1. The third-order valence-corrected chi connectivity index (χ3v) is 6.65. The van der Waals surface area contributed by atoms with Crippen molar-refractivity contribution in [1.82, 2.24) is 0 Å². The van der Waals surface area contributed by atoms with E-state index < -0.39 is 11.2 Å². The number of nitriles is 1. The zero-order valence-electron chi connectivity index (χ0n) is 15.7. The lowest BCUT2D eigenvalue weighted by Crippen LogP contribution is -2.30. The molecule has 0 aromatic heterocycles. The quantitative estimate of drug-likeness (QED) is 0.282. The Hall–Kier alpha value is -1.98. The predicted molar refractivity (Wildman–Crippen MR) is 122 cm³/mol. The Kier molecular flexibility index (Phi) is 7.48. The van der Waals surface area contributed by atoms with E-state index >= 15 is 0 Å². The second kappa shape index (κ2) is 9.88. The van der Waals surface area contributed by atoms with E-state index in [1.165, 1.54) is 4.90 Å². The van der Waals surface area contributed by atoms with Crippen LogP contribution in [0.5, 0.6) is 0 Å². The zero-order valence-corrected chi connectivity index (χ0v) is 19.6. The van der Waals surface area contributed by atoms with Gasteiger partial charge in [-0.2, -0.15) is 5.26 Å². The summed E-state index contributed by atoms with van der Waals surface area (Å²) >= 11 is 16.9. The summed E-state index contributed by atoms with van der Waals surface area (Å²) < 4.78 is 5.85. The molecule has 3 rings (SSSR count). The van der Waals surface area contributed by atoms with Crippen LogP contribution in [0.15, 0.2) is 57.5 Å². The highest BCUT2D eigenvalue weighted by Crippen LogP contribution is 2.43. The molecule has 0 bridgehead atoms. The molecule has 1 atom stereocenters. The number of thioether (sulfide) groups is 1. The number of esters is 1. The highest BCUT2D eigenvalue weighted by atomic mass is 79.9. The second-order valence-electron chi connectivity index (χ2n) is 6.21. The topological polar surface area (TPSA) is 70.4 Å². The first-order valence-electron chi connectivity index (χ1n) is 8.87. The first-order valence-corrected chi connectivity index (χ1v) is 11.3. The fourth-order valence-corrected chi connectivity index (χ4v) is 4.84. The van der Waals surface area contributed by atoms with Crippen molar-refractivity contribution >= 4 is 68.5 Å². The van der Waals surface area contributed by atoms with Gasteiger partial charge in [0.05, 0.1) is 11.9 Å². The van der Waals surface area contributed by atoms with Crippen molar-refractivity contribution in [1.29, 1.82) is 5.26 Å². The fourth-order valence-electron chi connectivity index (χ4n) is 2.90. The van der Waals surface area contributed by atoms with Crippen LogP contribution in [0, 0.1) is 11.3 Å². The van der Waals surface area contributed by atoms with Crippen LogP contribution >= 0.6 is 50.9 Å². The van der Waals surface area contributed by atoms with Crippen LogP contribution in [-0.4, -0.2) is 23.7 Å². The third kappa shape index (κ3) is 4.84. The van der Waals surface area contributed by atoms with E-state index in [1.54, 1.807) is 49.4 Å². The molecule has 1 aliphatic heterocycles. The Morgan fingerprint density at radius 1 is 1.27 bits per heavy atom. The average molecular weight is 526 g/mol. The number of anilines is 1. The van der Waals surface area contributed by atoms with Crippen LogP contribution in [-0.2, 0) is 20.7 Å². The highest BCUT2D eigenvalue weighted by molar-refractivity contribution is 9.10. The molecule has 0 N–H and O–H groups in total. The molecule has 1 aliphatic rings. The standard InChI is InChI=1S/C21H15BrCl2N2O3S/c1-2-29-21(28)16(11-25)20-26(15-6-3-13(22)4-7-15)19(27)18(30-20)10-12-9-14(23)5-8-17(12)24/h3-9,18H,2,10H2,1H3/b20-16-/t18-/m1/s1. The Morgan fingerprint density at radius 3 is 2.60 bits per heavy atom. The number of carbonyl (C=O) groups is 2. The maximum Gasteiger partial charge on any atom is 0.351 e. The maximum atomic E-state index is 13.3. The minimum atomic E-state index is -0.765. The molecule has 0 spiro atoms. The molecule has 9 heteroatoms. The number of carbonyl (C=O) groups excluding carboxylic acids is 2. The van der Waals surface area contributed by atoms with Crippen molar-refractivity contribution in [2.24, 2.45) is 0 Å². The van der Waals surface area contributed by atoms with Gasteiger partial charge in [-0.25, -0.2) is 4.79 Å². The number of amides is 1. The van der Waals surface area contributed by atoms with Gasteiger partial charge in [0, 0.05) is 20.2 Å². The molecule has 1 heterocycles. The molecule has 30 heavy (non-hydrogen) atoms. The minimum absolute atomic E-state index is 0.121. The largest absolute Gasteiger partial charge is 0.462 e. The molecule has 1 fully saturated rings. The van der Waals surface area contributed by atoms with Gasteiger partial charge in [-0.3, -0.25) is 9.69 Å². The Bertz CT molecular complexity index is 1070. The van der Waals surface area contributed by atoms with E-state index in [9.17, 15) is 14.9 Å². The Morgan fingerprint density at radius 2 is 1.97 bits per heavy atom. The van der Waals surface area contributed by atoms with Crippen LogP contribution in [0.1, 0.15) is 12.5 Å². The predicted octanol–water partition coefficient (Wildman–Crippen LogP) is 5.75. The summed E-state index contributed by atoms with van der Waals surface area (Å²) in [6.07, 6.45) is 0.293. The third-order valence-electron chi connectivity index (χ3n) is 4.26. The van der Waals surface area contributed by atoms with Gasteiger partial charge < -0.3 is 4.74 Å². The maximum absolute atomic E-state index is 13.3. The number of nitrogens with zero attached hydrogens (tertiary/aromatic N) is 2. The van der Waals surface area contributed by atoms with Gasteiger partial charge in [0.15, 0.2) is 5.57 Å². The number of hydrogen-bond donors (Lipinski definition) is 0. The van der Waals surface area contributed by atoms with Crippen molar-refractivity contribution in [2.75, 3.05) is 11.5 Å². The van der Waals surface area contributed by atoms with Gasteiger partial charge >= 0.3 is 5.97 Å². The van der Waals surface area contributed by atoms with Gasteiger partial charge in [-0.15, -0.1) is 0 Å². The zero-order chi connectivity index (χ0) is 21.8. The average Bonchev–Trinajstić information content (AvgIpc) is 3.02. The lowest BCUT2D eigenvalue weighted by Gasteiger charge is -2.18. The van der Waals surface area contributed by atoms with Gasteiger partial charge in [-0.05, 0) is 61.4 Å². The van der Waals surface area contributed by atoms with E-state index in [4.69, 9.17) is 27.9 Å². The second-order valence-corrected chi connectivity index (χ2v) is 9.16. The molecule has 2 aromatic carbocycles. The van der Waals surface area contributed by atoms with E-state index in [1.807, 2.05) is 6.07 Å². The first-order chi connectivity index (χ1) is 14.3. The van der Waals surface area contributed by atoms with Crippen molar-refractivity contribution in [2.45, 2.75) is 18.6 Å². The molecule has 1 amide bonds. The molecule has 0 unspecified atom stereocenters. The van der Waals surface area contributed by atoms with Crippen molar-refractivity contribution in [3.05, 3.63) is 73.1 Å². The van der Waals surface area contributed by atoms with Crippen LogP contribution < -0.4 is 4.90 Å². The summed E-state index contributed by atoms with van der Waals surface area (Å²) in [6, 6.07) is 14.0. The van der Waals surface area contributed by atoms with Crippen molar-refractivity contribution in [3.63, 3.8) is 0 Å². The van der Waals surface area contributed by atoms with Crippen LogP contribution in [0.3, 0.4) is 0 Å². The van der Waals surface area contributed by atoms with E-state index in [0.717, 1.165) is 16.2 Å².